The number of hydrogen-bond acceptors (Lipinski definition) is 8. The molecule has 2 amide bonds. The minimum Gasteiger partial charge on any atom is -0.457 e. The number of benzene rings is 2. The first-order chi connectivity index (χ1) is 18.7. The Kier molecular flexibility index (Phi) is 7.35. The molecule has 0 atom stereocenters. The maximum atomic E-state index is 13.6. The largest absolute Gasteiger partial charge is 0.457 e. The van der Waals surface area contributed by atoms with Crippen LogP contribution in [-0.4, -0.2) is 55.1 Å². The fraction of sp³-hybridized carbons (Fsp3) is 0.231. The van der Waals surface area contributed by atoms with Gasteiger partial charge in [-0.25, -0.2) is 4.98 Å². The average Bonchev–Trinajstić information content (AvgIpc) is 3.34. The lowest BCUT2D eigenvalue weighted by Gasteiger charge is -2.29. The Hall–Kier alpha value is -4.23. The third kappa shape index (κ3) is 6.10. The number of carbonyl (C=O) groups is 2. The molecule has 1 fully saturated rings. The summed E-state index contributed by atoms with van der Waals surface area (Å²) in [4.78, 5) is 35.0. The number of rotatable bonds is 6. The smallest absolute Gasteiger partial charge is 0.416 e. The fourth-order valence-corrected chi connectivity index (χ4v) is 4.85. The Bertz CT molecular complexity index is 1540. The molecule has 0 saturated carbocycles. The molecule has 1 saturated heterocycles. The maximum absolute atomic E-state index is 13.6. The molecule has 0 bridgehead atoms. The van der Waals surface area contributed by atoms with Crippen molar-refractivity contribution in [2.45, 2.75) is 6.18 Å². The zero-order chi connectivity index (χ0) is 27.6. The van der Waals surface area contributed by atoms with Gasteiger partial charge in [0.1, 0.15) is 17.2 Å². The summed E-state index contributed by atoms with van der Waals surface area (Å²) in [5.41, 5.74) is 0.0457. The van der Waals surface area contributed by atoms with Crippen LogP contribution in [0.5, 0.6) is 11.5 Å². The van der Waals surface area contributed by atoms with Crippen LogP contribution in [0.4, 0.5) is 24.0 Å². The van der Waals surface area contributed by atoms with E-state index >= 15 is 0 Å². The predicted molar refractivity (Wildman–Crippen MR) is 140 cm³/mol. The molecule has 1 aliphatic heterocycles. The van der Waals surface area contributed by atoms with Gasteiger partial charge >= 0.3 is 6.18 Å². The number of ether oxygens (including phenoxy) is 2. The average molecular weight is 558 g/mol. The summed E-state index contributed by atoms with van der Waals surface area (Å²) < 4.78 is 52.6. The molecule has 0 aliphatic carbocycles. The highest BCUT2D eigenvalue weighted by atomic mass is 32.1. The van der Waals surface area contributed by atoms with Gasteiger partial charge in [-0.15, -0.1) is 0 Å². The number of pyridine rings is 1. The zero-order valence-electron chi connectivity index (χ0n) is 20.5. The Morgan fingerprint density at radius 2 is 1.79 bits per heavy atom. The molecule has 202 valence electrons. The number of aromatic nitrogens is 2. The van der Waals surface area contributed by atoms with E-state index in [0.29, 0.717) is 53.7 Å². The second kappa shape index (κ2) is 10.9. The van der Waals surface area contributed by atoms with E-state index in [-0.39, 0.29) is 22.3 Å². The summed E-state index contributed by atoms with van der Waals surface area (Å²) in [7, 11) is 1.50. The molecule has 2 aromatic heterocycles. The highest BCUT2D eigenvalue weighted by Gasteiger charge is 2.32. The van der Waals surface area contributed by atoms with Crippen molar-refractivity contribution in [3.63, 3.8) is 0 Å². The minimum atomic E-state index is -4.61. The summed E-state index contributed by atoms with van der Waals surface area (Å²) in [6.45, 7) is 1.64. The van der Waals surface area contributed by atoms with E-state index in [1.165, 1.54) is 25.4 Å². The zero-order valence-corrected chi connectivity index (χ0v) is 21.4. The van der Waals surface area contributed by atoms with Gasteiger partial charge in [0.25, 0.3) is 11.8 Å². The Morgan fingerprint density at radius 1 is 1.03 bits per heavy atom. The molecule has 4 aromatic rings. The molecule has 2 N–H and O–H groups in total. The lowest BCUT2D eigenvalue weighted by atomic mass is 10.1. The molecule has 5 rings (SSSR count). The molecule has 3 heterocycles. The van der Waals surface area contributed by atoms with Crippen molar-refractivity contribution in [3.8, 4) is 11.5 Å². The normalized spacial score (nSPS) is 13.8. The van der Waals surface area contributed by atoms with Gasteiger partial charge < -0.3 is 19.7 Å². The van der Waals surface area contributed by atoms with Crippen LogP contribution < -0.4 is 20.3 Å². The number of morpholine rings is 1. The quantitative estimate of drug-likeness (QED) is 0.346. The number of halogens is 3. The summed E-state index contributed by atoms with van der Waals surface area (Å²) in [5, 5.41) is 5.34. The molecule has 1 aliphatic rings. The number of carbonyl (C=O) groups excluding carboxylic acids is 2. The molecule has 0 spiro atoms. The number of amides is 2. The van der Waals surface area contributed by atoms with Crippen LogP contribution in [0.15, 0.2) is 54.7 Å². The lowest BCUT2D eigenvalue weighted by molar-refractivity contribution is -0.137. The van der Waals surface area contributed by atoms with E-state index in [4.69, 9.17) is 9.47 Å². The second-order valence-electron chi connectivity index (χ2n) is 8.53. The molecule has 2 aromatic carbocycles. The monoisotopic (exact) mass is 557 g/mol. The lowest BCUT2D eigenvalue weighted by Crippen LogP contribution is -2.36. The van der Waals surface area contributed by atoms with Crippen LogP contribution in [-0.2, 0) is 10.9 Å². The number of anilines is 2. The van der Waals surface area contributed by atoms with E-state index in [9.17, 15) is 22.8 Å². The first-order valence-corrected chi connectivity index (χ1v) is 12.6. The topological polar surface area (TPSA) is 106 Å². The van der Waals surface area contributed by atoms with Gasteiger partial charge in [-0.05, 0) is 36.4 Å². The molecule has 13 heteroatoms. The van der Waals surface area contributed by atoms with Gasteiger partial charge in [0, 0.05) is 49.7 Å². The Balaban J connectivity index is 1.36. The second-order valence-corrected chi connectivity index (χ2v) is 9.56. The van der Waals surface area contributed by atoms with Crippen LogP contribution in [0.2, 0.25) is 0 Å². The van der Waals surface area contributed by atoms with E-state index in [1.54, 1.807) is 29.2 Å². The van der Waals surface area contributed by atoms with E-state index in [0.717, 1.165) is 23.5 Å². The number of alkyl halides is 3. The number of thiazole rings is 1. The SMILES string of the molecule is CNC(=O)c1cc(Oc2ccc3nc(NC(=O)c4cc(N5CCOCC5)cc(C(F)(F)F)c4)sc3c2)ccn1. The Labute approximate surface area is 224 Å². The van der Waals surface area contributed by atoms with Crippen molar-refractivity contribution in [2.24, 2.45) is 0 Å². The van der Waals surface area contributed by atoms with Gasteiger partial charge in [-0.1, -0.05) is 11.3 Å². The number of fused-ring (bicyclic) bond motifs is 1. The molecular formula is C26H22F3N5O4S. The summed E-state index contributed by atoms with van der Waals surface area (Å²) in [5.74, 6) is -0.186. The summed E-state index contributed by atoms with van der Waals surface area (Å²) in [6, 6.07) is 11.5. The first kappa shape index (κ1) is 26.4. The minimum absolute atomic E-state index is 0.126. The maximum Gasteiger partial charge on any atom is 0.416 e. The van der Waals surface area contributed by atoms with Gasteiger partial charge in [0.05, 0.1) is 29.0 Å². The van der Waals surface area contributed by atoms with Crippen molar-refractivity contribution in [2.75, 3.05) is 43.6 Å². The third-order valence-electron chi connectivity index (χ3n) is 5.89. The summed E-state index contributed by atoms with van der Waals surface area (Å²) >= 11 is 1.15. The number of nitrogens with one attached hydrogen (secondary N) is 2. The molecule has 0 radical (unpaired) electrons. The van der Waals surface area contributed by atoms with Crippen LogP contribution in [0, 0.1) is 0 Å². The van der Waals surface area contributed by atoms with Crippen molar-refractivity contribution in [1.29, 1.82) is 0 Å². The van der Waals surface area contributed by atoms with E-state index in [2.05, 4.69) is 20.6 Å². The van der Waals surface area contributed by atoms with E-state index < -0.39 is 17.6 Å². The van der Waals surface area contributed by atoms with Crippen molar-refractivity contribution < 1.29 is 32.2 Å². The highest BCUT2D eigenvalue weighted by Crippen LogP contribution is 2.35. The van der Waals surface area contributed by atoms with Crippen molar-refractivity contribution in [3.05, 3.63) is 71.5 Å². The van der Waals surface area contributed by atoms with Crippen molar-refractivity contribution in [1.82, 2.24) is 15.3 Å². The van der Waals surface area contributed by atoms with Crippen LogP contribution in [0.1, 0.15) is 26.4 Å². The van der Waals surface area contributed by atoms with E-state index in [1.807, 2.05) is 0 Å². The Morgan fingerprint density at radius 3 is 2.54 bits per heavy atom. The van der Waals surface area contributed by atoms with Gasteiger partial charge in [0.15, 0.2) is 5.13 Å². The summed E-state index contributed by atoms with van der Waals surface area (Å²) in [6.07, 6.45) is -3.16. The predicted octanol–water partition coefficient (Wildman–Crippen LogP) is 4.95. The highest BCUT2D eigenvalue weighted by molar-refractivity contribution is 7.22. The van der Waals surface area contributed by atoms with Crippen molar-refractivity contribution >= 4 is 44.2 Å². The fourth-order valence-electron chi connectivity index (χ4n) is 3.96. The number of hydrogen-bond donors (Lipinski definition) is 2. The van der Waals surface area contributed by atoms with Gasteiger partial charge in [-0.3, -0.25) is 19.9 Å². The third-order valence-corrected chi connectivity index (χ3v) is 6.82. The van der Waals surface area contributed by atoms with Crippen LogP contribution in [0.3, 0.4) is 0 Å². The molecule has 39 heavy (non-hydrogen) atoms. The molecule has 0 unspecified atom stereocenters. The molecule has 9 nitrogen and oxygen atoms in total. The van der Waals surface area contributed by atoms with Gasteiger partial charge in [-0.2, -0.15) is 13.2 Å². The number of nitrogens with zero attached hydrogens (tertiary/aromatic N) is 3. The van der Waals surface area contributed by atoms with Crippen LogP contribution in [0.25, 0.3) is 10.2 Å². The van der Waals surface area contributed by atoms with Crippen LogP contribution >= 0.6 is 11.3 Å². The molecular weight excluding hydrogens is 535 g/mol. The van der Waals surface area contributed by atoms with Gasteiger partial charge in [0.2, 0.25) is 0 Å². The standard InChI is InChI=1S/C26H22F3N5O4S/c1-30-24(36)21-13-19(4-5-31-21)38-18-2-3-20-22(14-18)39-25(32-20)33-23(35)15-10-16(26(27,28)29)12-17(11-15)34-6-8-37-9-7-34/h2-5,10-14H,6-9H2,1H3,(H,30,36)(H,32,33,35). The first-order valence-electron chi connectivity index (χ1n) is 11.8.